The van der Waals surface area contributed by atoms with Crippen LogP contribution in [0.25, 0.3) is 0 Å². The first kappa shape index (κ1) is 13.5. The van der Waals surface area contributed by atoms with Crippen LogP contribution in [-0.4, -0.2) is 87.7 Å². The Balaban J connectivity index is 3.57. The van der Waals surface area contributed by atoms with Crippen LogP contribution in [0.1, 0.15) is 0 Å². The molecule has 76 valence electrons. The van der Waals surface area contributed by atoms with Crippen LogP contribution in [0.4, 0.5) is 9.59 Å². The molecule has 0 radical (unpaired) electrons. The van der Waals surface area contributed by atoms with Gasteiger partial charge in [-0.25, -0.2) is 0 Å². The molecule has 0 aliphatic heterocycles. The monoisotopic (exact) mass is 418 g/mol. The molecule has 0 fully saturated rings. The number of carbonyl (C=O) groups excluding carboxylic acids is 2. The Kier molecular flexibility index (Phi) is 7.17. The van der Waals surface area contributed by atoms with E-state index in [-0.39, 0.29) is 7.91 Å². The normalized spacial score (nSPS) is 9.54. The maximum absolute atomic E-state index is 11.2. The zero-order valence-corrected chi connectivity index (χ0v) is 12.9. The Bertz CT molecular complexity index is 175. The van der Waals surface area contributed by atoms with E-state index in [1.54, 1.807) is 38.0 Å². The summed E-state index contributed by atoms with van der Waals surface area (Å²) < 4.78 is 1.37. The molecule has 6 heteroatoms. The number of hydrogen-bond donors (Lipinski definition) is 0. The topological polar surface area (TPSA) is 40.6 Å². The van der Waals surface area contributed by atoms with Crippen LogP contribution in [-0.2, 0) is 0 Å². The molecule has 0 saturated heterocycles. The molecule has 0 bridgehead atoms. The van der Waals surface area contributed by atoms with Gasteiger partial charge in [0.2, 0.25) is 0 Å². The second-order valence-electron chi connectivity index (χ2n) is 2.73. The third kappa shape index (κ3) is 6.57. The molecular weight excluding hydrogens is 399 g/mol. The maximum atomic E-state index is 11.2. The predicted molar refractivity (Wildman–Crippen MR) is 54.5 cm³/mol. The first-order valence-corrected chi connectivity index (χ1v) is 9.26. The molecule has 0 spiro atoms. The van der Waals surface area contributed by atoms with Crippen LogP contribution in [0, 0.1) is 0 Å². The molecule has 0 heterocycles. The van der Waals surface area contributed by atoms with Gasteiger partial charge in [0.05, 0.1) is 0 Å². The first-order chi connectivity index (χ1) is 5.95. The Morgan fingerprint density at radius 1 is 0.923 bits per heavy atom. The van der Waals surface area contributed by atoms with Crippen molar-refractivity contribution in [3.63, 3.8) is 0 Å². The summed E-state index contributed by atoms with van der Waals surface area (Å²) >= 11 is -1.23. The van der Waals surface area contributed by atoms with Crippen molar-refractivity contribution >= 4 is 49.8 Å². The third-order valence-corrected chi connectivity index (χ3v) is 9.77. The van der Waals surface area contributed by atoms with Gasteiger partial charge < -0.3 is 0 Å². The van der Waals surface area contributed by atoms with Crippen LogP contribution in [0.2, 0.25) is 2.52 Å². The molecule has 0 saturated carbocycles. The number of carbonyl (C=O) groups is 2. The average molecular weight is 413 g/mol. The van der Waals surface area contributed by atoms with Gasteiger partial charge in [-0.1, -0.05) is 0 Å². The Morgan fingerprint density at radius 2 is 1.23 bits per heavy atom. The van der Waals surface area contributed by atoms with Crippen LogP contribution >= 0.6 is 0 Å². The van der Waals surface area contributed by atoms with Gasteiger partial charge in [0, 0.05) is 0 Å². The molecule has 0 aromatic rings. The Labute approximate surface area is 99.2 Å². The minimum atomic E-state index is -0.613. The van der Waals surface area contributed by atoms with Gasteiger partial charge in [-0.05, 0) is 0 Å². The Hall–Kier alpha value is 0.519. The van der Waals surface area contributed by atoms with E-state index in [9.17, 15) is 9.59 Å². The number of amides is 2. The molecule has 0 aliphatic carbocycles. The van der Waals surface area contributed by atoms with Crippen molar-refractivity contribution < 1.29 is 9.59 Å². The Morgan fingerprint density at radius 3 is 1.46 bits per heavy atom. The van der Waals surface area contributed by atoms with Gasteiger partial charge in [0.25, 0.3) is 0 Å². The van der Waals surface area contributed by atoms with Crippen molar-refractivity contribution in [1.29, 1.82) is 0 Å². The number of hydrogen-bond acceptors (Lipinski definition) is 2. The van der Waals surface area contributed by atoms with Crippen molar-refractivity contribution in [3.8, 4) is 0 Å². The molecule has 4 nitrogen and oxygen atoms in total. The summed E-state index contributed by atoms with van der Waals surface area (Å²) in [5, 5.41) is 0. The van der Waals surface area contributed by atoms with Gasteiger partial charge in [-0.2, -0.15) is 0 Å². The summed E-state index contributed by atoms with van der Waals surface area (Å²) in [6, 6.07) is 0. The molecule has 0 N–H and O–H groups in total. The van der Waals surface area contributed by atoms with E-state index in [2.05, 4.69) is 0 Å². The summed E-state index contributed by atoms with van der Waals surface area (Å²) in [6.07, 6.45) is 0. The van der Waals surface area contributed by atoms with E-state index in [1.165, 1.54) is 0 Å². The molecule has 0 aromatic heterocycles. The average Bonchev–Trinajstić information content (AvgIpc) is 2.03. The van der Waals surface area contributed by atoms with E-state index in [4.69, 9.17) is 0 Å². The SMILES string of the molecule is CN(C)C(=O)[Te]C[Te]C(=O)N(C)C. The van der Waals surface area contributed by atoms with E-state index >= 15 is 0 Å². The molecule has 0 rings (SSSR count). The summed E-state index contributed by atoms with van der Waals surface area (Å²) in [6.45, 7) is 0. The van der Waals surface area contributed by atoms with Crippen molar-refractivity contribution in [2.45, 2.75) is 2.52 Å². The summed E-state index contributed by atoms with van der Waals surface area (Å²) in [5.74, 6) is 0. The van der Waals surface area contributed by atoms with Crippen LogP contribution in [0.5, 0.6) is 0 Å². The van der Waals surface area contributed by atoms with Gasteiger partial charge in [0.15, 0.2) is 0 Å². The van der Waals surface area contributed by atoms with E-state index in [0.29, 0.717) is 0 Å². The summed E-state index contributed by atoms with van der Waals surface area (Å²) in [4.78, 5) is 25.6. The summed E-state index contributed by atoms with van der Waals surface area (Å²) in [5.41, 5.74) is 0. The fourth-order valence-electron chi connectivity index (χ4n) is 0.388. The van der Waals surface area contributed by atoms with Crippen LogP contribution in [0.3, 0.4) is 0 Å². The second kappa shape index (κ2) is 6.90. The van der Waals surface area contributed by atoms with E-state index in [0.717, 1.165) is 2.52 Å². The van der Waals surface area contributed by atoms with Crippen LogP contribution in [0.15, 0.2) is 0 Å². The molecule has 0 aliphatic rings. The van der Waals surface area contributed by atoms with Gasteiger partial charge >= 0.3 is 99.9 Å². The third-order valence-electron chi connectivity index (χ3n) is 1.10. The van der Waals surface area contributed by atoms with Crippen LogP contribution < -0.4 is 0 Å². The molecule has 0 unspecified atom stereocenters. The van der Waals surface area contributed by atoms with Crippen molar-refractivity contribution in [3.05, 3.63) is 0 Å². The molecule has 0 aromatic carbocycles. The van der Waals surface area contributed by atoms with Crippen molar-refractivity contribution in [1.82, 2.24) is 9.80 Å². The zero-order chi connectivity index (χ0) is 10.4. The van der Waals surface area contributed by atoms with E-state index < -0.39 is 41.8 Å². The van der Waals surface area contributed by atoms with Gasteiger partial charge in [-0.3, -0.25) is 0 Å². The van der Waals surface area contributed by atoms with Crippen molar-refractivity contribution in [2.24, 2.45) is 0 Å². The van der Waals surface area contributed by atoms with Gasteiger partial charge in [0.1, 0.15) is 0 Å². The number of nitrogens with zero attached hydrogens (tertiary/aromatic N) is 2. The zero-order valence-electron chi connectivity index (χ0n) is 8.23. The van der Waals surface area contributed by atoms with E-state index in [1.807, 2.05) is 0 Å². The second-order valence-corrected chi connectivity index (χ2v) is 11.6. The summed E-state index contributed by atoms with van der Waals surface area (Å²) in [7, 11) is 7.06. The molecule has 2 amide bonds. The molecular formula is C7H14N2O2Te2. The predicted octanol–water partition coefficient (Wildman–Crippen LogP) is 0.134. The first-order valence-electron chi connectivity index (χ1n) is 3.63. The standard InChI is InChI=1S/C7H14N2O2Te2/c1-8(2)6(10)12-5-13-7(11)9(3)4/h5H2,1-4H3. The van der Waals surface area contributed by atoms with Gasteiger partial charge in [-0.15, -0.1) is 0 Å². The minimum absolute atomic E-state index is 0.238. The van der Waals surface area contributed by atoms with Crippen molar-refractivity contribution in [2.75, 3.05) is 28.2 Å². The number of rotatable bonds is 4. The fraction of sp³-hybridized carbons (Fsp3) is 0.714. The molecule has 0 atom stereocenters. The molecule has 13 heavy (non-hydrogen) atoms. The fourth-order valence-corrected chi connectivity index (χ4v) is 7.59. The quantitative estimate of drug-likeness (QED) is 0.615.